The maximum atomic E-state index is 14.8. The second-order valence-corrected chi connectivity index (χ2v) is 46.0. The first-order valence-electron chi connectivity index (χ1n) is 51.6. The largest absolute Gasteiger partial charge is 0.497 e. The van der Waals surface area contributed by atoms with E-state index in [1.807, 2.05) is 135 Å². The molecule has 148 heavy (non-hydrogen) atoms. The average Bonchev–Trinajstić information content (AvgIpc) is 1.42. The van der Waals surface area contributed by atoms with Crippen LogP contribution in [0.25, 0.3) is 44.5 Å². The van der Waals surface area contributed by atoms with Gasteiger partial charge < -0.3 is 57.6 Å². The Morgan fingerprint density at radius 2 is 0.507 bits per heavy atom. The molecule has 24 heteroatoms. The third-order valence-corrected chi connectivity index (χ3v) is 30.2. The fraction of sp³-hybridized carbons (Fsp3) is 0.387. The van der Waals surface area contributed by atoms with Crippen LogP contribution in [-0.4, -0.2) is 96.7 Å². The molecule has 16 nitrogen and oxygen atoms in total. The van der Waals surface area contributed by atoms with Crippen LogP contribution in [0.4, 0.5) is 17.6 Å². The lowest BCUT2D eigenvalue weighted by Gasteiger charge is -2.18. The van der Waals surface area contributed by atoms with Crippen molar-refractivity contribution in [2.24, 2.45) is 23.7 Å². The first-order chi connectivity index (χ1) is 71.3. The summed E-state index contributed by atoms with van der Waals surface area (Å²) in [5, 5.41) is 20.1. The van der Waals surface area contributed by atoms with Crippen LogP contribution < -0.4 is 37.9 Å². The van der Waals surface area contributed by atoms with Crippen LogP contribution in [-0.2, 0) is 55.1 Å². The summed E-state index contributed by atoms with van der Waals surface area (Å²) in [6.45, 7) is 22.9. The number of hydrogen-bond donors (Lipinski definition) is 2. The first-order valence-corrected chi connectivity index (χ1v) is 55.1. The second kappa shape index (κ2) is 56.1. The number of carboxylic acid groups (broad SMARTS) is 2. The fourth-order valence-corrected chi connectivity index (χ4v) is 22.1. The van der Waals surface area contributed by atoms with E-state index in [-0.39, 0.29) is 71.7 Å². The number of halogens is 4. The quantitative estimate of drug-likeness (QED) is 0.0207. The van der Waals surface area contributed by atoms with E-state index in [2.05, 4.69) is 104 Å². The van der Waals surface area contributed by atoms with Gasteiger partial charge in [0.2, 0.25) is 0 Å². The van der Waals surface area contributed by atoms with Crippen molar-refractivity contribution >= 4 is 70.9 Å². The number of carbonyl (C=O) groups is 4. The van der Waals surface area contributed by atoms with E-state index in [0.29, 0.717) is 142 Å². The molecule has 0 amide bonds. The summed E-state index contributed by atoms with van der Waals surface area (Å²) >= 11 is 6.76. The highest BCUT2D eigenvalue weighted by Gasteiger charge is 2.34. The monoisotopic (exact) mass is 2090 g/mol. The molecule has 2 N–H and O–H groups in total. The molecule has 4 fully saturated rings. The minimum atomic E-state index is -0.769. The highest BCUT2D eigenvalue weighted by molar-refractivity contribution is 8.00. The highest BCUT2D eigenvalue weighted by atomic mass is 32.2. The number of benzene rings is 12. The molecule has 0 unspecified atom stereocenters. The third kappa shape index (κ3) is 35.6. The molecular formula is C124H140F4O16S4. The number of carbonyl (C=O) groups excluding carboxylic acids is 2. The van der Waals surface area contributed by atoms with Gasteiger partial charge in [0.25, 0.3) is 0 Å². The van der Waals surface area contributed by atoms with Crippen molar-refractivity contribution in [2.75, 3.05) is 41.7 Å². The van der Waals surface area contributed by atoms with Crippen LogP contribution in [0.15, 0.2) is 262 Å². The van der Waals surface area contributed by atoms with Gasteiger partial charge in [-0.2, -0.15) is 0 Å². The number of thioether (sulfide) groups is 4. The smallest absolute Gasteiger partial charge is 0.306 e. The Morgan fingerprint density at radius 1 is 0.284 bits per heavy atom. The summed E-state index contributed by atoms with van der Waals surface area (Å²) in [7, 11) is 6.32. The lowest BCUT2D eigenvalue weighted by atomic mass is 9.90. The molecule has 12 aromatic rings. The van der Waals surface area contributed by atoms with Crippen LogP contribution >= 0.6 is 47.0 Å². The zero-order valence-corrected chi connectivity index (χ0v) is 90.6. The van der Waals surface area contributed by atoms with E-state index in [4.69, 9.17) is 47.4 Å². The number of esters is 2. The maximum absolute atomic E-state index is 14.8. The summed E-state index contributed by atoms with van der Waals surface area (Å²) < 4.78 is 115. The number of methoxy groups -OCH3 is 4. The Morgan fingerprint density at radius 3 is 0.703 bits per heavy atom. The minimum Gasteiger partial charge on any atom is -0.497 e. The number of aliphatic carboxylic acids is 2. The topological polar surface area (TPSA) is 201 Å². The second-order valence-electron chi connectivity index (χ2n) is 39.5. The van der Waals surface area contributed by atoms with Crippen molar-refractivity contribution in [1.29, 1.82) is 0 Å². The molecule has 0 spiro atoms. The number of ether oxygens (including phenoxy) is 10. The van der Waals surface area contributed by atoms with Crippen LogP contribution in [0.3, 0.4) is 0 Å². The van der Waals surface area contributed by atoms with E-state index in [1.165, 1.54) is 75.6 Å². The Balaban J connectivity index is 0.000000165. The highest BCUT2D eigenvalue weighted by Crippen LogP contribution is 2.49. The summed E-state index contributed by atoms with van der Waals surface area (Å²) in [6, 6.07) is 74.9. The van der Waals surface area contributed by atoms with Gasteiger partial charge in [-0.05, 0) is 299 Å². The first kappa shape index (κ1) is 113. The standard InChI is InChI=1S/2C32H37FO4S.2C30H33FO4S/c2*1-5-36-32(34)18-25(15-22-9-10-22)24-7-6-8-27(17-24)37-20-23-11-13-28(31(16-23)38-21(2)3)29-19-26(35-4)12-14-30(29)33;2*1-19(2)36-29-14-21(9-11-26(29)27-17-24(34-3)10-12-28(27)31)18-35-25-6-4-5-22(15-25)23(16-30(32)33)13-20-7-8-20/h2*6-8,11-14,16-17,19,21-22,25H,5,9-10,15,18,20H2,1-4H3;2*4-6,9-12,14-15,17,19-20,23H,7-8,13,16,18H2,1-3H3,(H,32,33)/t2*25-;2*23-/m1010/s1. The van der Waals surface area contributed by atoms with Crippen molar-refractivity contribution < 1.29 is 94.3 Å². The number of rotatable bonds is 50. The minimum absolute atomic E-state index is 0.00429. The predicted octanol–water partition coefficient (Wildman–Crippen LogP) is 32.7. The Kier molecular flexibility index (Phi) is 42.9. The number of carboxylic acids is 2. The predicted molar refractivity (Wildman–Crippen MR) is 588 cm³/mol. The maximum Gasteiger partial charge on any atom is 0.306 e. The SMILES string of the molecule is CCOC(=O)C[C@@H](CC1CC1)c1cccc(OCc2ccc(-c3cc(OC)ccc3F)c(SC(C)C)c2)c1.CCOC(=O)C[C@H](CC1CC1)c1cccc(OCc2ccc(-c3cc(OC)ccc3F)c(SC(C)C)c2)c1.COc1ccc(F)c(-c2ccc(COc3cccc([C@@H](CC(=O)O)CC4CC4)c3)cc2SC(C)C)c1.COc1ccc(F)c(-c2ccc(COc3cccc([C@H](CC(=O)O)CC4CC4)c3)cc2SC(C)C)c1. The van der Waals surface area contributed by atoms with Gasteiger partial charge in [-0.25, -0.2) is 17.6 Å². The third-order valence-electron chi connectivity index (χ3n) is 26.0. The summed E-state index contributed by atoms with van der Waals surface area (Å²) in [6.07, 6.45) is 14.6. The molecule has 0 saturated heterocycles. The van der Waals surface area contributed by atoms with Crippen molar-refractivity contribution in [1.82, 2.24) is 0 Å². The summed E-state index contributed by atoms with van der Waals surface area (Å²) in [5.41, 5.74) is 13.6. The van der Waals surface area contributed by atoms with Gasteiger partial charge in [-0.1, -0.05) is 204 Å². The molecule has 0 aromatic heterocycles. The van der Waals surface area contributed by atoms with Crippen LogP contribution in [0.1, 0.15) is 240 Å². The normalized spacial score (nSPS) is 13.9. The van der Waals surface area contributed by atoms with Crippen LogP contribution in [0.5, 0.6) is 46.0 Å². The van der Waals surface area contributed by atoms with Crippen molar-refractivity contribution in [3.8, 4) is 90.5 Å². The van der Waals surface area contributed by atoms with Gasteiger partial charge in [-0.3, -0.25) is 19.2 Å². The van der Waals surface area contributed by atoms with Gasteiger partial charge in [0.05, 0.1) is 67.3 Å². The van der Waals surface area contributed by atoms with Gasteiger partial charge in [0.15, 0.2) is 0 Å². The van der Waals surface area contributed by atoms with E-state index in [9.17, 15) is 47.0 Å². The molecule has 0 bridgehead atoms. The molecule has 4 aliphatic carbocycles. The van der Waals surface area contributed by atoms with Gasteiger partial charge in [0, 0.05) is 62.8 Å². The molecule has 784 valence electrons. The van der Waals surface area contributed by atoms with Crippen LogP contribution in [0.2, 0.25) is 0 Å². The van der Waals surface area contributed by atoms with Gasteiger partial charge in [-0.15, -0.1) is 47.0 Å². The molecule has 0 radical (unpaired) electrons. The van der Waals surface area contributed by atoms with Crippen molar-refractivity contribution in [3.05, 3.63) is 310 Å². The Hall–Kier alpha value is -12.0. The lowest BCUT2D eigenvalue weighted by molar-refractivity contribution is -0.144. The molecule has 4 aliphatic rings. The van der Waals surface area contributed by atoms with E-state index in [1.54, 1.807) is 124 Å². The summed E-state index contributed by atoms with van der Waals surface area (Å²) in [4.78, 5) is 51.3. The average molecular weight is 2090 g/mol. The molecule has 12 aromatic carbocycles. The zero-order chi connectivity index (χ0) is 105. The van der Waals surface area contributed by atoms with Gasteiger partial charge in [0.1, 0.15) is 95.7 Å². The molecule has 0 aliphatic heterocycles. The van der Waals surface area contributed by atoms with E-state index in [0.717, 1.165) is 135 Å². The fourth-order valence-electron chi connectivity index (χ4n) is 18.0. The van der Waals surface area contributed by atoms with E-state index >= 15 is 0 Å². The zero-order valence-electron chi connectivity index (χ0n) is 87.3. The molecule has 4 atom stereocenters. The molecule has 16 rings (SSSR count). The number of hydrogen-bond acceptors (Lipinski definition) is 18. The molecular weight excluding hydrogens is 1950 g/mol. The Labute approximate surface area is 888 Å². The van der Waals surface area contributed by atoms with E-state index < -0.39 is 11.9 Å². The molecule has 0 heterocycles. The van der Waals surface area contributed by atoms with Crippen molar-refractivity contribution in [3.63, 3.8) is 0 Å². The van der Waals surface area contributed by atoms with Crippen LogP contribution in [0, 0.1) is 46.9 Å². The van der Waals surface area contributed by atoms with Gasteiger partial charge >= 0.3 is 23.9 Å². The van der Waals surface area contributed by atoms with Crippen molar-refractivity contribution in [2.45, 2.75) is 263 Å². The lowest BCUT2D eigenvalue weighted by Crippen LogP contribution is -2.11. The Bertz CT molecular complexity index is 6030. The summed E-state index contributed by atoms with van der Waals surface area (Å²) in [5.74, 6) is 5.46. The molecule has 4 saturated carbocycles.